The van der Waals surface area contributed by atoms with E-state index in [4.69, 9.17) is 0 Å². The fourth-order valence-corrected chi connectivity index (χ4v) is 2.73. The van der Waals surface area contributed by atoms with Crippen molar-refractivity contribution in [1.82, 2.24) is 25.1 Å². The highest BCUT2D eigenvalue weighted by molar-refractivity contribution is 14.0. The van der Waals surface area contributed by atoms with Gasteiger partial charge in [0, 0.05) is 71.7 Å². The minimum absolute atomic E-state index is 0. The lowest BCUT2D eigenvalue weighted by molar-refractivity contribution is -0.123. The Labute approximate surface area is 177 Å². The van der Waals surface area contributed by atoms with Crippen LogP contribution in [0.2, 0.25) is 0 Å². The van der Waals surface area contributed by atoms with Crippen LogP contribution in [-0.2, 0) is 11.8 Å². The molecule has 0 radical (unpaired) electrons. The number of guanidine groups is 1. The molecule has 10 heteroatoms. The fourth-order valence-electron chi connectivity index (χ4n) is 2.73. The van der Waals surface area contributed by atoms with Crippen LogP contribution in [0.15, 0.2) is 22.2 Å². The molecule has 0 aromatic carbocycles. The number of aryl methyl sites for hydroxylation is 1. The number of hydrogen-bond acceptors (Lipinski definition) is 5. The average Bonchev–Trinajstić information content (AvgIpc) is 2.64. The first-order valence-corrected chi connectivity index (χ1v) is 8.94. The molecule has 1 aliphatic rings. The summed E-state index contributed by atoms with van der Waals surface area (Å²) in [5.41, 5.74) is -0.0793. The zero-order valence-electron chi connectivity index (χ0n) is 16.4. The molecule has 0 spiro atoms. The van der Waals surface area contributed by atoms with Gasteiger partial charge in [-0.05, 0) is 0 Å². The van der Waals surface area contributed by atoms with Crippen molar-refractivity contribution in [3.05, 3.63) is 22.7 Å². The quantitative estimate of drug-likeness (QED) is 0.258. The predicted octanol–water partition coefficient (Wildman–Crippen LogP) is -0.132. The van der Waals surface area contributed by atoms with Crippen LogP contribution in [-0.4, -0.2) is 72.6 Å². The van der Waals surface area contributed by atoms with Gasteiger partial charge >= 0.3 is 0 Å². The number of aromatic nitrogens is 2. The van der Waals surface area contributed by atoms with Crippen molar-refractivity contribution in [2.24, 2.45) is 18.0 Å². The van der Waals surface area contributed by atoms with Gasteiger partial charge < -0.3 is 25.0 Å². The van der Waals surface area contributed by atoms with Crippen LogP contribution < -0.4 is 21.1 Å². The van der Waals surface area contributed by atoms with Crippen LogP contribution in [0, 0.1) is 5.92 Å². The molecule has 9 nitrogen and oxygen atoms in total. The van der Waals surface area contributed by atoms with Gasteiger partial charge in [0.1, 0.15) is 0 Å². The van der Waals surface area contributed by atoms with Gasteiger partial charge in [0.15, 0.2) is 11.8 Å². The zero-order valence-corrected chi connectivity index (χ0v) is 18.8. The average molecular weight is 491 g/mol. The predicted molar refractivity (Wildman–Crippen MR) is 118 cm³/mol. The lowest BCUT2D eigenvalue weighted by Gasteiger charge is -2.36. The molecule has 1 aliphatic heterocycles. The van der Waals surface area contributed by atoms with Crippen molar-refractivity contribution in [3.8, 4) is 0 Å². The maximum atomic E-state index is 12.2. The third-order valence-electron chi connectivity index (χ3n) is 4.32. The molecule has 1 fully saturated rings. The summed E-state index contributed by atoms with van der Waals surface area (Å²) in [5, 5.41) is 6.15. The van der Waals surface area contributed by atoms with Crippen LogP contribution in [0.3, 0.4) is 0 Å². The van der Waals surface area contributed by atoms with E-state index in [2.05, 4.69) is 25.5 Å². The Morgan fingerprint density at radius 1 is 1.22 bits per heavy atom. The van der Waals surface area contributed by atoms with Crippen molar-refractivity contribution in [1.29, 1.82) is 0 Å². The van der Waals surface area contributed by atoms with E-state index in [9.17, 15) is 9.59 Å². The summed E-state index contributed by atoms with van der Waals surface area (Å²) < 4.78 is 1.54. The Hall–Kier alpha value is -1.85. The van der Waals surface area contributed by atoms with E-state index in [0.29, 0.717) is 32.0 Å². The Morgan fingerprint density at radius 2 is 1.85 bits per heavy atom. The summed E-state index contributed by atoms with van der Waals surface area (Å²) in [5.74, 6) is 1.33. The van der Waals surface area contributed by atoms with E-state index in [-0.39, 0.29) is 41.4 Å². The van der Waals surface area contributed by atoms with Gasteiger partial charge in [0.05, 0.1) is 0 Å². The number of carbonyl (C=O) groups is 1. The highest BCUT2D eigenvalue weighted by Crippen LogP contribution is 2.08. The van der Waals surface area contributed by atoms with Crippen LogP contribution in [0.5, 0.6) is 0 Å². The Kier molecular flexibility index (Phi) is 9.53. The molecular weight excluding hydrogens is 461 g/mol. The molecule has 2 N–H and O–H groups in total. The van der Waals surface area contributed by atoms with E-state index in [1.54, 1.807) is 31.1 Å². The molecular formula is C17H30IN7O2. The second kappa shape index (κ2) is 11.1. The van der Waals surface area contributed by atoms with E-state index in [1.165, 1.54) is 0 Å². The molecule has 1 aromatic heterocycles. The monoisotopic (exact) mass is 491 g/mol. The number of aliphatic imine (C=N–C) groups is 1. The Balaban J connectivity index is 0.00000364. The van der Waals surface area contributed by atoms with Crippen LogP contribution >= 0.6 is 24.0 Å². The van der Waals surface area contributed by atoms with Crippen LogP contribution in [0.1, 0.15) is 13.8 Å². The Morgan fingerprint density at radius 3 is 2.44 bits per heavy atom. The minimum atomic E-state index is -0.0793. The Bertz CT molecular complexity index is 697. The summed E-state index contributed by atoms with van der Waals surface area (Å²) in [6.07, 6.45) is 3.31. The first kappa shape index (κ1) is 23.2. The number of hydrogen-bond donors (Lipinski definition) is 2. The van der Waals surface area contributed by atoms with E-state index >= 15 is 0 Å². The van der Waals surface area contributed by atoms with Gasteiger partial charge in [-0.1, -0.05) is 13.8 Å². The second-order valence-electron chi connectivity index (χ2n) is 6.56. The molecule has 2 heterocycles. The maximum absolute atomic E-state index is 12.2. The molecule has 27 heavy (non-hydrogen) atoms. The molecule has 0 bridgehead atoms. The number of nitrogens with zero attached hydrogens (tertiary/aromatic N) is 5. The number of rotatable bonds is 5. The van der Waals surface area contributed by atoms with Gasteiger partial charge in [-0.2, -0.15) is 0 Å². The number of carbonyl (C=O) groups excluding carboxylic acids is 1. The summed E-state index contributed by atoms with van der Waals surface area (Å²) >= 11 is 0. The largest absolute Gasteiger partial charge is 0.354 e. The molecule has 1 saturated heterocycles. The maximum Gasteiger partial charge on any atom is 0.293 e. The standard InChI is InChI=1S/C17H29N7O2.HI/c1-13(2)15(25)20-5-6-21-17(18-3)24-11-9-23(10-12-24)14-16(26)22(4)8-7-19-14;/h7-8,13H,5-6,9-12H2,1-4H3,(H,18,21)(H,20,25);1H. The number of halogens is 1. The van der Waals surface area contributed by atoms with Crippen molar-refractivity contribution in [2.75, 3.05) is 51.2 Å². The van der Waals surface area contributed by atoms with Crippen LogP contribution in [0.25, 0.3) is 0 Å². The summed E-state index contributed by atoms with van der Waals surface area (Å²) in [4.78, 5) is 36.5. The fraction of sp³-hybridized carbons (Fsp3) is 0.647. The lowest BCUT2D eigenvalue weighted by Crippen LogP contribution is -2.54. The number of piperazine rings is 1. The third kappa shape index (κ3) is 6.36. The van der Waals surface area contributed by atoms with Crippen molar-refractivity contribution >= 4 is 41.7 Å². The topological polar surface area (TPSA) is 94.9 Å². The molecule has 0 aliphatic carbocycles. The van der Waals surface area contributed by atoms with E-state index in [1.807, 2.05) is 18.7 Å². The highest BCUT2D eigenvalue weighted by atomic mass is 127. The normalized spacial score (nSPS) is 14.8. The van der Waals surface area contributed by atoms with Gasteiger partial charge in [-0.25, -0.2) is 4.98 Å². The molecule has 2 rings (SSSR count). The molecule has 1 aromatic rings. The van der Waals surface area contributed by atoms with Gasteiger partial charge in [-0.15, -0.1) is 24.0 Å². The summed E-state index contributed by atoms with van der Waals surface area (Å²) in [6, 6.07) is 0. The number of nitrogens with one attached hydrogen (secondary N) is 2. The van der Waals surface area contributed by atoms with Gasteiger partial charge in [0.25, 0.3) is 5.56 Å². The first-order chi connectivity index (χ1) is 12.4. The molecule has 0 atom stereocenters. The second-order valence-corrected chi connectivity index (χ2v) is 6.56. The molecule has 0 unspecified atom stereocenters. The van der Waals surface area contributed by atoms with E-state index < -0.39 is 0 Å². The van der Waals surface area contributed by atoms with Crippen molar-refractivity contribution in [3.63, 3.8) is 0 Å². The minimum Gasteiger partial charge on any atom is -0.354 e. The third-order valence-corrected chi connectivity index (χ3v) is 4.32. The highest BCUT2D eigenvalue weighted by Gasteiger charge is 2.22. The van der Waals surface area contributed by atoms with E-state index in [0.717, 1.165) is 19.0 Å². The number of amides is 1. The molecule has 1 amide bonds. The zero-order chi connectivity index (χ0) is 19.1. The number of anilines is 1. The summed E-state index contributed by atoms with van der Waals surface area (Å²) in [6.45, 7) is 7.82. The SMILES string of the molecule is CN=C(NCCNC(=O)C(C)C)N1CCN(c2nccn(C)c2=O)CC1.I. The summed E-state index contributed by atoms with van der Waals surface area (Å²) in [7, 11) is 3.48. The first-order valence-electron chi connectivity index (χ1n) is 8.94. The molecule has 0 saturated carbocycles. The smallest absolute Gasteiger partial charge is 0.293 e. The van der Waals surface area contributed by atoms with Gasteiger partial charge in [0.2, 0.25) is 5.91 Å². The van der Waals surface area contributed by atoms with Gasteiger partial charge in [-0.3, -0.25) is 14.6 Å². The molecule has 152 valence electrons. The van der Waals surface area contributed by atoms with Crippen molar-refractivity contribution < 1.29 is 4.79 Å². The lowest BCUT2D eigenvalue weighted by atomic mass is 10.2. The van der Waals surface area contributed by atoms with Crippen LogP contribution in [0.4, 0.5) is 5.82 Å². The van der Waals surface area contributed by atoms with Crippen molar-refractivity contribution in [2.45, 2.75) is 13.8 Å².